The summed E-state index contributed by atoms with van der Waals surface area (Å²) in [6.07, 6.45) is 0.932. The van der Waals surface area contributed by atoms with Crippen molar-refractivity contribution in [2.24, 2.45) is 5.92 Å². The first-order chi connectivity index (χ1) is 10.2. The average Bonchev–Trinajstić information content (AvgIpc) is 2.93. The molecule has 1 N–H and O–H groups in total. The van der Waals surface area contributed by atoms with E-state index in [1.807, 2.05) is 31.2 Å². The van der Waals surface area contributed by atoms with Crippen LogP contribution in [-0.2, 0) is 6.42 Å². The van der Waals surface area contributed by atoms with E-state index in [1.165, 1.54) is 0 Å². The largest absolute Gasteiger partial charge is 0.494 e. The molecule has 4 nitrogen and oxygen atoms in total. The van der Waals surface area contributed by atoms with Gasteiger partial charge in [0.1, 0.15) is 15.8 Å². The third kappa shape index (κ3) is 5.10. The number of ether oxygens (including phenoxy) is 1. The lowest BCUT2D eigenvalue weighted by molar-refractivity contribution is 0.340. The van der Waals surface area contributed by atoms with E-state index in [-0.39, 0.29) is 0 Å². The van der Waals surface area contributed by atoms with Crippen molar-refractivity contribution in [3.05, 3.63) is 29.3 Å². The van der Waals surface area contributed by atoms with Crippen molar-refractivity contribution in [2.75, 3.05) is 19.7 Å². The molecule has 0 aliphatic rings. The molecule has 0 saturated carbocycles. The zero-order valence-electron chi connectivity index (χ0n) is 12.9. The molecule has 0 atom stereocenters. The van der Waals surface area contributed by atoms with Gasteiger partial charge in [0.15, 0.2) is 0 Å². The Morgan fingerprint density at radius 3 is 2.62 bits per heavy atom. The van der Waals surface area contributed by atoms with Gasteiger partial charge in [-0.2, -0.15) is 0 Å². The molecule has 21 heavy (non-hydrogen) atoms. The maximum absolute atomic E-state index is 5.45. The van der Waals surface area contributed by atoms with Crippen molar-refractivity contribution in [1.82, 2.24) is 15.5 Å². The Kier molecular flexibility index (Phi) is 6.14. The predicted octanol–water partition coefficient (Wildman–Crippen LogP) is 3.39. The molecule has 1 heterocycles. The predicted molar refractivity (Wildman–Crippen MR) is 87.9 cm³/mol. The van der Waals surface area contributed by atoms with Gasteiger partial charge >= 0.3 is 0 Å². The van der Waals surface area contributed by atoms with Crippen LogP contribution in [-0.4, -0.2) is 29.9 Å². The van der Waals surface area contributed by atoms with Gasteiger partial charge in [0, 0.05) is 18.5 Å². The molecule has 1 aromatic heterocycles. The smallest absolute Gasteiger partial charge is 0.147 e. The van der Waals surface area contributed by atoms with Crippen LogP contribution in [0, 0.1) is 5.92 Å². The van der Waals surface area contributed by atoms with E-state index in [4.69, 9.17) is 4.74 Å². The van der Waals surface area contributed by atoms with Crippen LogP contribution in [0.2, 0.25) is 0 Å². The van der Waals surface area contributed by atoms with Gasteiger partial charge in [-0.05, 0) is 43.7 Å². The Morgan fingerprint density at radius 1 is 1.19 bits per heavy atom. The third-order valence-electron chi connectivity index (χ3n) is 2.95. The summed E-state index contributed by atoms with van der Waals surface area (Å²) in [7, 11) is 0. The van der Waals surface area contributed by atoms with E-state index in [9.17, 15) is 0 Å². The van der Waals surface area contributed by atoms with Crippen LogP contribution in [0.25, 0.3) is 10.6 Å². The molecule has 114 valence electrons. The van der Waals surface area contributed by atoms with Crippen molar-refractivity contribution >= 4 is 11.3 Å². The molecule has 5 heteroatoms. The lowest BCUT2D eigenvalue weighted by Crippen LogP contribution is -2.22. The lowest BCUT2D eigenvalue weighted by Gasteiger charge is -2.05. The Balaban J connectivity index is 1.89. The monoisotopic (exact) mass is 305 g/mol. The Hall–Kier alpha value is -1.46. The van der Waals surface area contributed by atoms with Crippen LogP contribution in [0.1, 0.15) is 25.8 Å². The second-order valence-corrected chi connectivity index (χ2v) is 6.37. The van der Waals surface area contributed by atoms with E-state index in [1.54, 1.807) is 11.3 Å². The topological polar surface area (TPSA) is 47.0 Å². The van der Waals surface area contributed by atoms with Crippen LogP contribution < -0.4 is 10.1 Å². The number of benzene rings is 1. The van der Waals surface area contributed by atoms with E-state index >= 15 is 0 Å². The highest BCUT2D eigenvalue weighted by atomic mass is 32.1. The number of hydrogen-bond donors (Lipinski definition) is 1. The van der Waals surface area contributed by atoms with Crippen LogP contribution in [0.5, 0.6) is 5.75 Å². The molecule has 0 bridgehead atoms. The highest BCUT2D eigenvalue weighted by molar-refractivity contribution is 7.14. The fraction of sp³-hybridized carbons (Fsp3) is 0.500. The summed E-state index contributed by atoms with van der Waals surface area (Å²) in [5, 5.41) is 14.0. The first kappa shape index (κ1) is 15.9. The molecule has 0 radical (unpaired) electrons. The van der Waals surface area contributed by atoms with E-state index < -0.39 is 0 Å². The van der Waals surface area contributed by atoms with Gasteiger partial charge in [-0.25, -0.2) is 0 Å². The highest BCUT2D eigenvalue weighted by Crippen LogP contribution is 2.25. The van der Waals surface area contributed by atoms with Crippen LogP contribution in [0.3, 0.4) is 0 Å². The zero-order valence-corrected chi connectivity index (χ0v) is 13.7. The Labute approximate surface area is 130 Å². The highest BCUT2D eigenvalue weighted by Gasteiger charge is 2.07. The zero-order chi connectivity index (χ0) is 15.1. The SMILES string of the molecule is CCOc1ccc(-c2nnc(CCNCC(C)C)s2)cc1. The maximum Gasteiger partial charge on any atom is 0.147 e. The summed E-state index contributed by atoms with van der Waals surface area (Å²) in [6, 6.07) is 8.02. The minimum absolute atomic E-state index is 0.679. The number of aromatic nitrogens is 2. The molecule has 2 rings (SSSR count). The summed E-state index contributed by atoms with van der Waals surface area (Å²) in [5.74, 6) is 1.57. The number of nitrogens with zero attached hydrogens (tertiary/aromatic N) is 2. The van der Waals surface area contributed by atoms with Gasteiger partial charge in [-0.1, -0.05) is 25.2 Å². The molecular weight excluding hydrogens is 282 g/mol. The van der Waals surface area contributed by atoms with Crippen LogP contribution in [0.4, 0.5) is 0 Å². The van der Waals surface area contributed by atoms with E-state index in [0.29, 0.717) is 12.5 Å². The van der Waals surface area contributed by atoms with Crippen molar-refractivity contribution in [2.45, 2.75) is 27.2 Å². The maximum atomic E-state index is 5.45. The number of hydrogen-bond acceptors (Lipinski definition) is 5. The van der Waals surface area contributed by atoms with Crippen LogP contribution in [0.15, 0.2) is 24.3 Å². The summed E-state index contributed by atoms with van der Waals surface area (Å²) in [5.41, 5.74) is 1.09. The number of rotatable bonds is 8. The summed E-state index contributed by atoms with van der Waals surface area (Å²) in [6.45, 7) is 9.09. The van der Waals surface area contributed by atoms with Gasteiger partial charge in [-0.3, -0.25) is 0 Å². The second kappa shape index (κ2) is 8.10. The molecule has 1 aromatic carbocycles. The minimum Gasteiger partial charge on any atom is -0.494 e. The molecule has 0 aliphatic heterocycles. The molecule has 0 spiro atoms. The van der Waals surface area contributed by atoms with Gasteiger partial charge in [-0.15, -0.1) is 10.2 Å². The molecule has 0 aliphatic carbocycles. The first-order valence-electron chi connectivity index (χ1n) is 7.45. The van der Waals surface area contributed by atoms with Gasteiger partial charge in [0.2, 0.25) is 0 Å². The summed E-state index contributed by atoms with van der Waals surface area (Å²) in [4.78, 5) is 0. The first-order valence-corrected chi connectivity index (χ1v) is 8.27. The molecule has 0 amide bonds. The quantitative estimate of drug-likeness (QED) is 0.759. The minimum atomic E-state index is 0.679. The summed E-state index contributed by atoms with van der Waals surface area (Å²) >= 11 is 1.66. The Bertz CT molecular complexity index is 537. The van der Waals surface area contributed by atoms with Gasteiger partial charge < -0.3 is 10.1 Å². The Morgan fingerprint density at radius 2 is 1.95 bits per heavy atom. The standard InChI is InChI=1S/C16H23N3OS/c1-4-20-14-7-5-13(6-8-14)16-19-18-15(21-16)9-10-17-11-12(2)3/h5-8,12,17H,4,9-11H2,1-3H3. The molecule has 0 fully saturated rings. The molecule has 2 aromatic rings. The molecule has 0 saturated heterocycles. The van der Waals surface area contributed by atoms with Crippen molar-refractivity contribution in [3.63, 3.8) is 0 Å². The third-order valence-corrected chi connectivity index (χ3v) is 3.98. The second-order valence-electron chi connectivity index (χ2n) is 5.31. The normalized spacial score (nSPS) is 11.0. The molecule has 0 unspecified atom stereocenters. The fourth-order valence-electron chi connectivity index (χ4n) is 1.92. The number of nitrogens with one attached hydrogen (secondary N) is 1. The lowest BCUT2D eigenvalue weighted by atomic mass is 10.2. The van der Waals surface area contributed by atoms with Crippen molar-refractivity contribution in [3.8, 4) is 16.3 Å². The van der Waals surface area contributed by atoms with E-state index in [0.717, 1.165) is 40.8 Å². The average molecular weight is 305 g/mol. The summed E-state index contributed by atoms with van der Waals surface area (Å²) < 4.78 is 5.45. The van der Waals surface area contributed by atoms with Gasteiger partial charge in [0.25, 0.3) is 0 Å². The van der Waals surface area contributed by atoms with E-state index in [2.05, 4.69) is 29.4 Å². The fourth-order valence-corrected chi connectivity index (χ4v) is 2.76. The van der Waals surface area contributed by atoms with Crippen molar-refractivity contribution < 1.29 is 4.74 Å². The van der Waals surface area contributed by atoms with Crippen molar-refractivity contribution in [1.29, 1.82) is 0 Å². The van der Waals surface area contributed by atoms with Crippen LogP contribution >= 0.6 is 11.3 Å². The van der Waals surface area contributed by atoms with Gasteiger partial charge in [0.05, 0.1) is 6.61 Å². The molecular formula is C16H23N3OS.